The van der Waals surface area contributed by atoms with Crippen molar-refractivity contribution in [3.63, 3.8) is 0 Å². The lowest BCUT2D eigenvalue weighted by Crippen LogP contribution is -2.27. The highest BCUT2D eigenvalue weighted by molar-refractivity contribution is 5.95. The lowest BCUT2D eigenvalue weighted by atomic mass is 10.1. The maximum absolute atomic E-state index is 12.1. The van der Waals surface area contributed by atoms with Gasteiger partial charge in [-0.1, -0.05) is 0 Å². The molecule has 0 spiro atoms. The molecule has 0 aromatic carbocycles. The molecule has 0 bridgehead atoms. The normalized spacial score (nSPS) is 12.4. The third-order valence-corrected chi connectivity index (χ3v) is 3.29. The zero-order valence-corrected chi connectivity index (χ0v) is 11.1. The summed E-state index contributed by atoms with van der Waals surface area (Å²) >= 11 is 0. The fourth-order valence-electron chi connectivity index (χ4n) is 1.99. The van der Waals surface area contributed by atoms with E-state index in [1.165, 1.54) is 0 Å². The first-order valence-electron chi connectivity index (χ1n) is 5.94. The van der Waals surface area contributed by atoms with Crippen molar-refractivity contribution < 1.29 is 4.79 Å². The maximum atomic E-state index is 12.1. The molecule has 0 aliphatic carbocycles. The molecule has 2 aromatic rings. The second kappa shape index (κ2) is 4.68. The Hall–Kier alpha value is -2.04. The number of H-pyrrole nitrogens is 1. The van der Waals surface area contributed by atoms with Crippen molar-refractivity contribution in [2.24, 2.45) is 7.05 Å². The molecule has 96 valence electrons. The summed E-state index contributed by atoms with van der Waals surface area (Å²) in [6, 6.07) is 1.73. The van der Waals surface area contributed by atoms with Crippen molar-refractivity contribution >= 4 is 5.91 Å². The summed E-state index contributed by atoms with van der Waals surface area (Å²) in [5, 5.41) is 7.17. The molecule has 2 N–H and O–H groups in total. The van der Waals surface area contributed by atoms with Crippen LogP contribution >= 0.6 is 0 Å². The number of hydrogen-bond acceptors (Lipinski definition) is 2. The van der Waals surface area contributed by atoms with E-state index in [-0.39, 0.29) is 11.9 Å². The standard InChI is InChI=1S/C13H18N4O/c1-8-11(5-6-14-8)13(18)16-9(2)12-7-15-17(4)10(12)3/h5-7,9,14H,1-4H3,(H,16,18). The number of aryl methyl sites for hydroxylation is 2. The van der Waals surface area contributed by atoms with E-state index in [1.807, 2.05) is 27.8 Å². The Balaban J connectivity index is 2.13. The monoisotopic (exact) mass is 246 g/mol. The SMILES string of the molecule is Cc1[nH]ccc1C(=O)NC(C)c1cnn(C)c1C. The van der Waals surface area contributed by atoms with Crippen LogP contribution in [0.25, 0.3) is 0 Å². The summed E-state index contributed by atoms with van der Waals surface area (Å²) in [6.07, 6.45) is 3.56. The molecule has 2 aromatic heterocycles. The lowest BCUT2D eigenvalue weighted by Gasteiger charge is -2.13. The molecule has 2 heterocycles. The van der Waals surface area contributed by atoms with Crippen LogP contribution in [0.3, 0.4) is 0 Å². The molecule has 1 amide bonds. The Bertz CT molecular complexity index is 567. The second-order valence-electron chi connectivity index (χ2n) is 4.52. The Kier molecular flexibility index (Phi) is 3.23. The minimum atomic E-state index is -0.0653. The molecule has 18 heavy (non-hydrogen) atoms. The fraction of sp³-hybridized carbons (Fsp3) is 0.385. The summed E-state index contributed by atoms with van der Waals surface area (Å²) in [6.45, 7) is 5.84. The molecular weight excluding hydrogens is 228 g/mol. The highest BCUT2D eigenvalue weighted by Gasteiger charge is 2.16. The summed E-state index contributed by atoms with van der Waals surface area (Å²) in [4.78, 5) is 15.1. The Morgan fingerprint density at radius 1 is 1.50 bits per heavy atom. The predicted octanol–water partition coefficient (Wildman–Crippen LogP) is 1.86. The van der Waals surface area contributed by atoms with Gasteiger partial charge in [0.15, 0.2) is 0 Å². The lowest BCUT2D eigenvalue weighted by molar-refractivity contribution is 0.0939. The van der Waals surface area contributed by atoms with E-state index in [4.69, 9.17) is 0 Å². The number of nitrogens with zero attached hydrogens (tertiary/aromatic N) is 2. The first-order valence-corrected chi connectivity index (χ1v) is 5.94. The third-order valence-electron chi connectivity index (χ3n) is 3.29. The van der Waals surface area contributed by atoms with Gasteiger partial charge in [0.2, 0.25) is 0 Å². The molecule has 0 radical (unpaired) electrons. The Morgan fingerprint density at radius 2 is 2.22 bits per heavy atom. The van der Waals surface area contributed by atoms with Crippen molar-refractivity contribution in [2.45, 2.75) is 26.8 Å². The molecule has 0 aliphatic heterocycles. The number of aromatic nitrogens is 3. The van der Waals surface area contributed by atoms with Gasteiger partial charge in [0.25, 0.3) is 5.91 Å². The third kappa shape index (κ3) is 2.16. The summed E-state index contributed by atoms with van der Waals surface area (Å²) in [5.41, 5.74) is 3.67. The van der Waals surface area contributed by atoms with Gasteiger partial charge in [0.1, 0.15) is 0 Å². The van der Waals surface area contributed by atoms with Crippen LogP contribution in [0.4, 0.5) is 0 Å². The van der Waals surface area contributed by atoms with Crippen molar-refractivity contribution in [1.29, 1.82) is 0 Å². The predicted molar refractivity (Wildman–Crippen MR) is 69.4 cm³/mol. The van der Waals surface area contributed by atoms with E-state index in [1.54, 1.807) is 23.1 Å². The van der Waals surface area contributed by atoms with Gasteiger partial charge in [-0.05, 0) is 26.8 Å². The maximum Gasteiger partial charge on any atom is 0.253 e. The Morgan fingerprint density at radius 3 is 2.72 bits per heavy atom. The van der Waals surface area contributed by atoms with Gasteiger partial charge in [-0.2, -0.15) is 5.10 Å². The zero-order chi connectivity index (χ0) is 13.3. The van der Waals surface area contributed by atoms with Gasteiger partial charge in [0.05, 0.1) is 17.8 Å². The number of hydrogen-bond donors (Lipinski definition) is 2. The van der Waals surface area contributed by atoms with Crippen LogP contribution in [0.5, 0.6) is 0 Å². The Labute approximate surface area is 106 Å². The average molecular weight is 246 g/mol. The molecule has 5 nitrogen and oxygen atoms in total. The highest BCUT2D eigenvalue weighted by atomic mass is 16.1. The van der Waals surface area contributed by atoms with E-state index in [0.29, 0.717) is 5.56 Å². The first-order chi connectivity index (χ1) is 8.50. The molecule has 0 saturated carbocycles. The van der Waals surface area contributed by atoms with Crippen molar-refractivity contribution in [3.05, 3.63) is 41.0 Å². The van der Waals surface area contributed by atoms with Gasteiger partial charge in [0, 0.05) is 30.2 Å². The summed E-state index contributed by atoms with van der Waals surface area (Å²) < 4.78 is 1.81. The molecule has 0 saturated heterocycles. The number of amides is 1. The van der Waals surface area contributed by atoms with E-state index < -0.39 is 0 Å². The smallest absolute Gasteiger partial charge is 0.253 e. The minimum absolute atomic E-state index is 0.0551. The van der Waals surface area contributed by atoms with E-state index in [0.717, 1.165) is 17.0 Å². The topological polar surface area (TPSA) is 62.7 Å². The van der Waals surface area contributed by atoms with Crippen molar-refractivity contribution in [2.75, 3.05) is 0 Å². The molecule has 1 atom stereocenters. The van der Waals surface area contributed by atoms with E-state index in [2.05, 4.69) is 15.4 Å². The number of aromatic amines is 1. The summed E-state index contributed by atoms with van der Waals surface area (Å²) in [7, 11) is 1.89. The van der Waals surface area contributed by atoms with Gasteiger partial charge in [-0.25, -0.2) is 0 Å². The van der Waals surface area contributed by atoms with E-state index in [9.17, 15) is 4.79 Å². The van der Waals surface area contributed by atoms with Gasteiger partial charge < -0.3 is 10.3 Å². The number of nitrogens with one attached hydrogen (secondary N) is 2. The van der Waals surface area contributed by atoms with Gasteiger partial charge in [-0.3, -0.25) is 9.48 Å². The number of rotatable bonds is 3. The van der Waals surface area contributed by atoms with Crippen LogP contribution in [0.1, 0.15) is 40.3 Å². The quantitative estimate of drug-likeness (QED) is 0.868. The minimum Gasteiger partial charge on any atom is -0.365 e. The van der Waals surface area contributed by atoms with Crippen LogP contribution in [0.15, 0.2) is 18.5 Å². The molecule has 0 aliphatic rings. The van der Waals surface area contributed by atoms with Crippen molar-refractivity contribution in [3.8, 4) is 0 Å². The largest absolute Gasteiger partial charge is 0.365 e. The highest BCUT2D eigenvalue weighted by Crippen LogP contribution is 2.17. The average Bonchev–Trinajstić information content (AvgIpc) is 2.87. The van der Waals surface area contributed by atoms with Crippen molar-refractivity contribution in [1.82, 2.24) is 20.1 Å². The van der Waals surface area contributed by atoms with Gasteiger partial charge >= 0.3 is 0 Å². The first kappa shape index (κ1) is 12.4. The number of carbonyl (C=O) groups excluding carboxylic acids is 1. The van der Waals surface area contributed by atoms with Crippen LogP contribution in [-0.4, -0.2) is 20.7 Å². The van der Waals surface area contributed by atoms with Crippen LogP contribution in [0.2, 0.25) is 0 Å². The molecule has 1 unspecified atom stereocenters. The zero-order valence-electron chi connectivity index (χ0n) is 11.1. The second-order valence-corrected chi connectivity index (χ2v) is 4.52. The molecule has 0 fully saturated rings. The fourth-order valence-corrected chi connectivity index (χ4v) is 1.99. The van der Waals surface area contributed by atoms with Crippen LogP contribution < -0.4 is 5.32 Å². The van der Waals surface area contributed by atoms with E-state index >= 15 is 0 Å². The summed E-state index contributed by atoms with van der Waals surface area (Å²) in [5.74, 6) is -0.0653. The van der Waals surface area contributed by atoms with Crippen LogP contribution in [-0.2, 0) is 7.05 Å². The molecule has 5 heteroatoms. The molecule has 2 rings (SSSR count). The molecular formula is C13H18N4O. The van der Waals surface area contributed by atoms with Gasteiger partial charge in [-0.15, -0.1) is 0 Å². The van der Waals surface area contributed by atoms with Crippen LogP contribution in [0, 0.1) is 13.8 Å². The number of carbonyl (C=O) groups is 1.